The molecule has 1 aromatic carbocycles. The van der Waals surface area contributed by atoms with Gasteiger partial charge < -0.3 is 10.3 Å². The molecule has 4 rings (SSSR count). The number of nitrogens with one attached hydrogen (secondary N) is 2. The number of para-hydroxylation sites is 2. The molecular weight excluding hydrogens is 394 g/mol. The summed E-state index contributed by atoms with van der Waals surface area (Å²) < 4.78 is 0. The van der Waals surface area contributed by atoms with Crippen molar-refractivity contribution >= 4 is 28.3 Å². The number of carbonyl (C=O) groups is 1. The van der Waals surface area contributed by atoms with Gasteiger partial charge in [-0.2, -0.15) is 0 Å². The van der Waals surface area contributed by atoms with E-state index in [9.17, 15) is 4.79 Å². The zero-order valence-corrected chi connectivity index (χ0v) is 18.8. The highest BCUT2D eigenvalue weighted by Crippen LogP contribution is 2.27. The fourth-order valence-corrected chi connectivity index (χ4v) is 4.77. The quantitative estimate of drug-likeness (QED) is 0.587. The summed E-state index contributed by atoms with van der Waals surface area (Å²) in [6.07, 6.45) is 2.76. The van der Waals surface area contributed by atoms with Gasteiger partial charge in [-0.3, -0.25) is 9.69 Å². The van der Waals surface area contributed by atoms with Crippen molar-refractivity contribution in [2.75, 3.05) is 13.1 Å². The highest BCUT2D eigenvalue weighted by molar-refractivity contribution is 7.09. The van der Waals surface area contributed by atoms with Gasteiger partial charge in [-0.05, 0) is 50.9 Å². The molecule has 1 amide bonds. The topological polar surface area (TPSA) is 73.9 Å². The molecule has 2 aromatic heterocycles. The molecule has 7 heteroatoms. The lowest BCUT2D eigenvalue weighted by Gasteiger charge is -2.32. The molecule has 1 fully saturated rings. The van der Waals surface area contributed by atoms with Gasteiger partial charge in [-0.1, -0.05) is 32.4 Å². The van der Waals surface area contributed by atoms with Gasteiger partial charge in [0, 0.05) is 17.8 Å². The molecule has 160 valence electrons. The highest BCUT2D eigenvalue weighted by atomic mass is 32.1. The lowest BCUT2D eigenvalue weighted by Crippen LogP contribution is -2.42. The molecule has 0 bridgehead atoms. The molecule has 1 saturated heterocycles. The molecule has 0 aliphatic carbocycles. The summed E-state index contributed by atoms with van der Waals surface area (Å²) in [6, 6.07) is 7.93. The first-order chi connectivity index (χ1) is 14.5. The Morgan fingerprint density at radius 3 is 2.73 bits per heavy atom. The predicted octanol–water partition coefficient (Wildman–Crippen LogP) is 4.44. The van der Waals surface area contributed by atoms with Crippen LogP contribution in [0.5, 0.6) is 0 Å². The molecule has 30 heavy (non-hydrogen) atoms. The van der Waals surface area contributed by atoms with E-state index in [1.54, 1.807) is 11.3 Å². The van der Waals surface area contributed by atoms with Crippen LogP contribution in [0.3, 0.4) is 0 Å². The van der Waals surface area contributed by atoms with Crippen molar-refractivity contribution in [1.82, 2.24) is 25.2 Å². The minimum atomic E-state index is -0.0917. The number of carbonyl (C=O) groups excluding carboxylic acids is 1. The third-order valence-electron chi connectivity index (χ3n) is 6.22. The third kappa shape index (κ3) is 4.73. The van der Waals surface area contributed by atoms with Crippen LogP contribution in [0.4, 0.5) is 0 Å². The van der Waals surface area contributed by atoms with Crippen LogP contribution < -0.4 is 5.32 Å². The summed E-state index contributed by atoms with van der Waals surface area (Å²) in [5, 5.41) is 6.57. The van der Waals surface area contributed by atoms with E-state index < -0.39 is 0 Å². The molecule has 3 heterocycles. The van der Waals surface area contributed by atoms with Crippen molar-refractivity contribution in [2.24, 2.45) is 11.8 Å². The van der Waals surface area contributed by atoms with Crippen LogP contribution in [0, 0.1) is 18.8 Å². The smallest absolute Gasteiger partial charge is 0.223 e. The number of imidazole rings is 1. The van der Waals surface area contributed by atoms with Gasteiger partial charge in [-0.25, -0.2) is 9.97 Å². The van der Waals surface area contributed by atoms with Gasteiger partial charge in [0.15, 0.2) is 0 Å². The zero-order chi connectivity index (χ0) is 21.1. The van der Waals surface area contributed by atoms with Crippen molar-refractivity contribution in [2.45, 2.75) is 52.6 Å². The monoisotopic (exact) mass is 425 g/mol. The van der Waals surface area contributed by atoms with Gasteiger partial charge in [-0.15, -0.1) is 11.3 Å². The Balaban J connectivity index is 1.38. The number of likely N-dealkylation sites (tertiary alicyclic amines) is 1. The first kappa shape index (κ1) is 21.0. The Morgan fingerprint density at radius 2 is 2.07 bits per heavy atom. The maximum atomic E-state index is 13.1. The number of fused-ring (bicyclic) bond motifs is 1. The Kier molecular flexibility index (Phi) is 6.49. The molecule has 3 aromatic rings. The summed E-state index contributed by atoms with van der Waals surface area (Å²) in [5.41, 5.74) is 3.10. The normalized spacial score (nSPS) is 17.8. The number of nitrogens with zero attached hydrogens (tertiary/aromatic N) is 3. The SMILES string of the molecule is CCC(C)C(NC(=O)C1CCN(Cc2csc(C)n2)CC1)c1nc2ccccc2[nH]1. The van der Waals surface area contributed by atoms with Crippen LogP contribution in [0.15, 0.2) is 29.6 Å². The fourth-order valence-electron chi connectivity index (χ4n) is 4.17. The van der Waals surface area contributed by atoms with Crippen LogP contribution in [0.1, 0.15) is 55.7 Å². The van der Waals surface area contributed by atoms with Crippen LogP contribution >= 0.6 is 11.3 Å². The van der Waals surface area contributed by atoms with Gasteiger partial charge in [0.1, 0.15) is 5.82 Å². The van der Waals surface area contributed by atoms with E-state index in [1.165, 1.54) is 0 Å². The van der Waals surface area contributed by atoms with E-state index in [2.05, 4.69) is 39.4 Å². The number of hydrogen-bond acceptors (Lipinski definition) is 5. The van der Waals surface area contributed by atoms with Crippen molar-refractivity contribution < 1.29 is 4.79 Å². The average molecular weight is 426 g/mol. The number of hydrogen-bond donors (Lipinski definition) is 2. The van der Waals surface area contributed by atoms with Crippen LogP contribution in [0.25, 0.3) is 11.0 Å². The summed E-state index contributed by atoms with van der Waals surface area (Å²) >= 11 is 1.70. The second-order valence-corrected chi connectivity index (χ2v) is 9.48. The summed E-state index contributed by atoms with van der Waals surface area (Å²) in [6.45, 7) is 9.13. The number of rotatable bonds is 7. The number of aryl methyl sites for hydroxylation is 1. The van der Waals surface area contributed by atoms with E-state index in [0.717, 1.165) is 66.5 Å². The minimum absolute atomic E-state index is 0.0642. The maximum absolute atomic E-state index is 13.1. The van der Waals surface area contributed by atoms with Crippen molar-refractivity contribution in [3.63, 3.8) is 0 Å². The third-order valence-corrected chi connectivity index (χ3v) is 7.05. The lowest BCUT2D eigenvalue weighted by atomic mass is 9.93. The van der Waals surface area contributed by atoms with Crippen molar-refractivity contribution in [3.05, 3.63) is 46.2 Å². The van der Waals surface area contributed by atoms with Gasteiger partial charge in [0.25, 0.3) is 0 Å². The molecule has 1 aliphatic rings. The van der Waals surface area contributed by atoms with E-state index >= 15 is 0 Å². The first-order valence-electron chi connectivity index (χ1n) is 10.9. The van der Waals surface area contributed by atoms with Crippen molar-refractivity contribution in [3.8, 4) is 0 Å². The molecule has 2 N–H and O–H groups in total. The van der Waals surface area contributed by atoms with E-state index in [1.807, 2.05) is 31.2 Å². The van der Waals surface area contributed by atoms with Crippen LogP contribution in [0.2, 0.25) is 0 Å². The Bertz CT molecular complexity index is 955. The molecule has 2 unspecified atom stereocenters. The predicted molar refractivity (Wildman–Crippen MR) is 121 cm³/mol. The zero-order valence-electron chi connectivity index (χ0n) is 18.0. The molecular formula is C23H31N5OS. The van der Waals surface area contributed by atoms with E-state index in [4.69, 9.17) is 4.98 Å². The Hall–Kier alpha value is -2.25. The molecule has 0 spiro atoms. The van der Waals surface area contributed by atoms with Crippen molar-refractivity contribution in [1.29, 1.82) is 0 Å². The second-order valence-electron chi connectivity index (χ2n) is 8.42. The molecule has 1 aliphatic heterocycles. The fraction of sp³-hybridized carbons (Fsp3) is 0.522. The number of thiazole rings is 1. The van der Waals surface area contributed by atoms with Crippen LogP contribution in [-0.4, -0.2) is 38.8 Å². The number of amides is 1. The molecule has 6 nitrogen and oxygen atoms in total. The summed E-state index contributed by atoms with van der Waals surface area (Å²) in [7, 11) is 0. The first-order valence-corrected chi connectivity index (χ1v) is 11.8. The number of aromatic nitrogens is 3. The molecule has 0 radical (unpaired) electrons. The van der Waals surface area contributed by atoms with E-state index in [0.29, 0.717) is 5.92 Å². The number of H-pyrrole nitrogens is 1. The number of piperidine rings is 1. The standard InChI is InChI=1S/C23H31N5OS/c1-4-15(2)21(22-25-19-7-5-6-8-20(19)26-22)27-23(29)17-9-11-28(12-10-17)13-18-14-30-16(3)24-18/h5-8,14-15,17,21H,4,9-13H2,1-3H3,(H,25,26)(H,27,29). The minimum Gasteiger partial charge on any atom is -0.346 e. The number of aromatic amines is 1. The maximum Gasteiger partial charge on any atom is 0.223 e. The van der Waals surface area contributed by atoms with Crippen LogP contribution in [-0.2, 0) is 11.3 Å². The molecule has 0 saturated carbocycles. The Morgan fingerprint density at radius 1 is 1.30 bits per heavy atom. The second kappa shape index (κ2) is 9.27. The lowest BCUT2D eigenvalue weighted by molar-refractivity contribution is -0.127. The van der Waals surface area contributed by atoms with Gasteiger partial charge in [0.2, 0.25) is 5.91 Å². The molecule has 2 atom stereocenters. The largest absolute Gasteiger partial charge is 0.346 e. The average Bonchev–Trinajstić information content (AvgIpc) is 3.37. The van der Waals surface area contributed by atoms with Gasteiger partial charge >= 0.3 is 0 Å². The van der Waals surface area contributed by atoms with Gasteiger partial charge in [0.05, 0.1) is 27.8 Å². The summed E-state index contributed by atoms with van der Waals surface area (Å²) in [5.74, 6) is 1.39. The van der Waals surface area contributed by atoms with E-state index in [-0.39, 0.29) is 17.9 Å². The highest BCUT2D eigenvalue weighted by Gasteiger charge is 2.30. The Labute approximate surface area is 182 Å². The number of benzene rings is 1. The summed E-state index contributed by atoms with van der Waals surface area (Å²) in [4.78, 5) is 28.2.